The lowest BCUT2D eigenvalue weighted by molar-refractivity contribution is 0.0954. The number of nitrogens with one attached hydrogen (secondary N) is 1. The van der Waals surface area contributed by atoms with Crippen LogP contribution in [0.4, 0.5) is 4.39 Å². The van der Waals surface area contributed by atoms with Crippen LogP contribution in [0.2, 0.25) is 0 Å². The molecule has 33 heavy (non-hydrogen) atoms. The third-order valence-corrected chi connectivity index (χ3v) is 5.37. The maximum absolute atomic E-state index is 13.1. The Morgan fingerprint density at radius 2 is 1.67 bits per heavy atom. The summed E-state index contributed by atoms with van der Waals surface area (Å²) in [5.74, 6) is 1.36. The molecule has 0 aromatic heterocycles. The minimum absolute atomic E-state index is 0.265. The number of nitrogens with zero attached hydrogens (tertiary/aromatic N) is 1. The van der Waals surface area contributed by atoms with Gasteiger partial charge in [0.05, 0.1) is 31.1 Å². The van der Waals surface area contributed by atoms with Gasteiger partial charge in [-0.05, 0) is 76.2 Å². The van der Waals surface area contributed by atoms with Crippen LogP contribution in [0, 0.1) is 9.39 Å². The number of amides is 1. The Kier molecular flexibility index (Phi) is 8.47. The minimum Gasteiger partial charge on any atom is -0.493 e. The molecule has 0 heterocycles. The molecule has 0 unspecified atom stereocenters. The lowest BCUT2D eigenvalue weighted by Gasteiger charge is -2.13. The molecule has 0 radical (unpaired) electrons. The third-order valence-electron chi connectivity index (χ3n) is 4.57. The van der Waals surface area contributed by atoms with Gasteiger partial charge in [0.1, 0.15) is 12.4 Å². The van der Waals surface area contributed by atoms with Crippen molar-refractivity contribution >= 4 is 34.7 Å². The second-order valence-corrected chi connectivity index (χ2v) is 7.88. The van der Waals surface area contributed by atoms with E-state index in [1.165, 1.54) is 39.7 Å². The first-order valence-corrected chi connectivity index (χ1v) is 10.8. The highest BCUT2D eigenvalue weighted by molar-refractivity contribution is 14.1. The summed E-state index contributed by atoms with van der Waals surface area (Å²) in [5, 5.41) is 4.03. The average Bonchev–Trinajstić information content (AvgIpc) is 2.83. The van der Waals surface area contributed by atoms with Gasteiger partial charge < -0.3 is 18.9 Å². The van der Waals surface area contributed by atoms with E-state index in [4.69, 9.17) is 18.9 Å². The van der Waals surface area contributed by atoms with Gasteiger partial charge in [-0.25, -0.2) is 9.82 Å². The second kappa shape index (κ2) is 11.5. The van der Waals surface area contributed by atoms with Gasteiger partial charge in [0, 0.05) is 5.56 Å². The van der Waals surface area contributed by atoms with E-state index in [0.717, 1.165) is 9.13 Å². The monoisotopic (exact) mass is 564 g/mol. The van der Waals surface area contributed by atoms with Crippen LogP contribution in [0.3, 0.4) is 0 Å². The predicted molar refractivity (Wildman–Crippen MR) is 131 cm³/mol. The standard InChI is InChI=1S/C24H22FIN2O5/c1-30-20-9-6-17(12-21(20)31-2)24(29)28-27-13-16-10-19(26)23(22(11-16)32-3)33-14-15-4-7-18(25)8-5-15/h4-13H,14H2,1-3H3,(H,28,29)/b27-13+. The summed E-state index contributed by atoms with van der Waals surface area (Å²) >= 11 is 2.13. The number of rotatable bonds is 9. The number of ether oxygens (including phenoxy) is 4. The third kappa shape index (κ3) is 6.35. The zero-order valence-electron chi connectivity index (χ0n) is 18.2. The molecule has 0 saturated carbocycles. The lowest BCUT2D eigenvalue weighted by atomic mass is 10.2. The van der Waals surface area contributed by atoms with E-state index >= 15 is 0 Å². The molecule has 3 rings (SSSR count). The van der Waals surface area contributed by atoms with Crippen molar-refractivity contribution in [3.8, 4) is 23.0 Å². The summed E-state index contributed by atoms with van der Waals surface area (Å²) in [5.41, 5.74) is 4.40. The lowest BCUT2D eigenvalue weighted by Crippen LogP contribution is -2.17. The molecule has 7 nitrogen and oxygen atoms in total. The van der Waals surface area contributed by atoms with E-state index in [1.54, 1.807) is 36.4 Å². The van der Waals surface area contributed by atoms with Crippen LogP contribution in [-0.4, -0.2) is 33.5 Å². The number of methoxy groups -OCH3 is 3. The molecule has 172 valence electrons. The summed E-state index contributed by atoms with van der Waals surface area (Å²) < 4.78 is 35.6. The molecule has 0 aliphatic heterocycles. The topological polar surface area (TPSA) is 78.4 Å². The summed E-state index contributed by atoms with van der Waals surface area (Å²) in [6.45, 7) is 0.265. The van der Waals surface area contributed by atoms with Crippen molar-refractivity contribution in [2.75, 3.05) is 21.3 Å². The molecular weight excluding hydrogens is 542 g/mol. The van der Waals surface area contributed by atoms with Gasteiger partial charge in [-0.1, -0.05) is 12.1 Å². The summed E-state index contributed by atoms with van der Waals surface area (Å²) in [7, 11) is 4.56. The van der Waals surface area contributed by atoms with Crippen LogP contribution >= 0.6 is 22.6 Å². The molecule has 0 spiro atoms. The number of halogens is 2. The van der Waals surface area contributed by atoms with Crippen LogP contribution < -0.4 is 24.4 Å². The molecule has 1 N–H and O–H groups in total. The highest BCUT2D eigenvalue weighted by Gasteiger charge is 2.13. The van der Waals surface area contributed by atoms with Gasteiger partial charge in [0.15, 0.2) is 23.0 Å². The number of hydrogen-bond acceptors (Lipinski definition) is 6. The molecule has 9 heteroatoms. The molecule has 3 aromatic rings. The summed E-state index contributed by atoms with van der Waals surface area (Å²) in [6.07, 6.45) is 1.51. The van der Waals surface area contributed by atoms with Gasteiger partial charge in [-0.15, -0.1) is 0 Å². The summed E-state index contributed by atoms with van der Waals surface area (Å²) in [6, 6.07) is 14.5. The molecule has 0 aliphatic carbocycles. The van der Waals surface area contributed by atoms with Crippen molar-refractivity contribution in [3.05, 3.63) is 80.7 Å². The first kappa shape index (κ1) is 24.3. The number of hydrogen-bond donors (Lipinski definition) is 1. The molecular formula is C24H22FIN2O5. The second-order valence-electron chi connectivity index (χ2n) is 6.72. The Morgan fingerprint density at radius 1 is 0.970 bits per heavy atom. The Labute approximate surface area is 204 Å². The van der Waals surface area contributed by atoms with Gasteiger partial charge in [0.25, 0.3) is 5.91 Å². The zero-order chi connectivity index (χ0) is 23.8. The van der Waals surface area contributed by atoms with Crippen molar-refractivity contribution in [1.82, 2.24) is 5.43 Å². The largest absolute Gasteiger partial charge is 0.493 e. The van der Waals surface area contributed by atoms with E-state index in [0.29, 0.717) is 34.1 Å². The Bertz CT molecular complexity index is 1150. The molecule has 3 aromatic carbocycles. The first-order chi connectivity index (χ1) is 15.9. The van der Waals surface area contributed by atoms with Crippen LogP contribution in [0.15, 0.2) is 59.7 Å². The van der Waals surface area contributed by atoms with Crippen molar-refractivity contribution in [1.29, 1.82) is 0 Å². The minimum atomic E-state index is -0.395. The highest BCUT2D eigenvalue weighted by Crippen LogP contribution is 2.34. The quantitative estimate of drug-likeness (QED) is 0.230. The molecule has 0 aliphatic rings. The van der Waals surface area contributed by atoms with Gasteiger partial charge in [-0.2, -0.15) is 5.10 Å². The SMILES string of the molecule is COc1ccc(C(=O)N/N=C/c2cc(I)c(OCc3ccc(F)cc3)c(OC)c2)cc1OC. The van der Waals surface area contributed by atoms with E-state index in [1.807, 2.05) is 6.07 Å². The molecule has 0 bridgehead atoms. The van der Waals surface area contributed by atoms with Crippen LogP contribution in [0.25, 0.3) is 0 Å². The van der Waals surface area contributed by atoms with Crippen LogP contribution in [0.1, 0.15) is 21.5 Å². The Balaban J connectivity index is 1.68. The van der Waals surface area contributed by atoms with Crippen molar-refractivity contribution in [3.63, 3.8) is 0 Å². The maximum Gasteiger partial charge on any atom is 0.271 e. The Hall–Kier alpha value is -3.34. The van der Waals surface area contributed by atoms with Crippen molar-refractivity contribution in [2.24, 2.45) is 5.10 Å². The molecule has 0 saturated heterocycles. The summed E-state index contributed by atoms with van der Waals surface area (Å²) in [4.78, 5) is 12.4. The van der Waals surface area contributed by atoms with Gasteiger partial charge >= 0.3 is 0 Å². The first-order valence-electron chi connectivity index (χ1n) is 9.75. The van der Waals surface area contributed by atoms with Crippen molar-refractivity contribution < 1.29 is 28.1 Å². The van der Waals surface area contributed by atoms with Crippen LogP contribution in [0.5, 0.6) is 23.0 Å². The van der Waals surface area contributed by atoms with E-state index in [2.05, 4.69) is 33.1 Å². The van der Waals surface area contributed by atoms with E-state index in [9.17, 15) is 9.18 Å². The smallest absolute Gasteiger partial charge is 0.271 e. The number of hydrazone groups is 1. The normalized spacial score (nSPS) is 10.7. The fourth-order valence-corrected chi connectivity index (χ4v) is 3.68. The highest BCUT2D eigenvalue weighted by atomic mass is 127. The molecule has 1 amide bonds. The molecule has 0 fully saturated rings. The van der Waals surface area contributed by atoms with E-state index < -0.39 is 5.91 Å². The fourth-order valence-electron chi connectivity index (χ4n) is 2.90. The average molecular weight is 564 g/mol. The zero-order valence-corrected chi connectivity index (χ0v) is 20.4. The maximum atomic E-state index is 13.1. The van der Waals surface area contributed by atoms with Crippen LogP contribution in [-0.2, 0) is 6.61 Å². The number of carbonyl (C=O) groups excluding carboxylic acids is 1. The van der Waals surface area contributed by atoms with E-state index in [-0.39, 0.29) is 12.4 Å². The van der Waals surface area contributed by atoms with Gasteiger partial charge in [0.2, 0.25) is 0 Å². The number of benzene rings is 3. The predicted octanol–water partition coefficient (Wildman–Crippen LogP) is 4.80. The van der Waals surface area contributed by atoms with Crippen molar-refractivity contribution in [2.45, 2.75) is 6.61 Å². The fraction of sp³-hybridized carbons (Fsp3) is 0.167. The number of carbonyl (C=O) groups is 1. The Morgan fingerprint density at radius 3 is 2.33 bits per heavy atom. The van der Waals surface area contributed by atoms with Gasteiger partial charge in [-0.3, -0.25) is 4.79 Å². The molecule has 0 atom stereocenters.